The van der Waals surface area contributed by atoms with Crippen molar-refractivity contribution in [2.45, 2.75) is 64.0 Å². The third-order valence-corrected chi connectivity index (χ3v) is 4.10. The van der Waals surface area contributed by atoms with Crippen molar-refractivity contribution in [3.8, 4) is 0 Å². The van der Waals surface area contributed by atoms with Crippen LogP contribution in [-0.2, 0) is 19.1 Å². The van der Waals surface area contributed by atoms with Crippen LogP contribution in [0.4, 0.5) is 0 Å². The molecular weight excluding hydrogens is 258 g/mol. The number of nitrogens with one attached hydrogen (secondary N) is 1. The normalized spacial score (nSPS) is 25.1. The number of esters is 1. The number of hydrogen-bond donors (Lipinski definition) is 1. The number of carbonyl (C=O) groups is 2. The van der Waals surface area contributed by atoms with E-state index < -0.39 is 6.04 Å². The summed E-state index contributed by atoms with van der Waals surface area (Å²) in [5.41, 5.74) is 0. The SMILES string of the molecule is C[C@@H](NC(=O)CC1CCCCC1)C(=O)O[C@@H]1CCOC1. The average Bonchev–Trinajstić information content (AvgIpc) is 2.92. The molecule has 114 valence electrons. The summed E-state index contributed by atoms with van der Waals surface area (Å²) in [7, 11) is 0. The zero-order chi connectivity index (χ0) is 14.4. The Morgan fingerprint density at radius 3 is 2.65 bits per heavy atom. The first-order valence-electron chi connectivity index (χ1n) is 7.72. The quantitative estimate of drug-likeness (QED) is 0.781. The highest BCUT2D eigenvalue weighted by Gasteiger charge is 2.25. The molecule has 2 atom stereocenters. The van der Waals surface area contributed by atoms with E-state index in [-0.39, 0.29) is 18.0 Å². The van der Waals surface area contributed by atoms with E-state index in [4.69, 9.17) is 9.47 Å². The number of carbonyl (C=O) groups excluding carboxylic acids is 2. The molecule has 1 aliphatic heterocycles. The van der Waals surface area contributed by atoms with Crippen molar-refractivity contribution in [3.05, 3.63) is 0 Å². The van der Waals surface area contributed by atoms with Gasteiger partial charge in [-0.15, -0.1) is 0 Å². The first-order chi connectivity index (χ1) is 9.65. The highest BCUT2D eigenvalue weighted by atomic mass is 16.6. The van der Waals surface area contributed by atoms with Crippen molar-refractivity contribution in [1.29, 1.82) is 0 Å². The smallest absolute Gasteiger partial charge is 0.328 e. The molecule has 0 radical (unpaired) electrons. The first-order valence-corrected chi connectivity index (χ1v) is 7.72. The summed E-state index contributed by atoms with van der Waals surface area (Å²) in [5, 5.41) is 2.75. The molecule has 0 bridgehead atoms. The Kier molecular flexibility index (Phi) is 5.83. The fourth-order valence-electron chi connectivity index (χ4n) is 2.88. The summed E-state index contributed by atoms with van der Waals surface area (Å²) in [6.45, 7) is 2.78. The van der Waals surface area contributed by atoms with Gasteiger partial charge in [-0.1, -0.05) is 19.3 Å². The van der Waals surface area contributed by atoms with Crippen LogP contribution >= 0.6 is 0 Å². The maximum Gasteiger partial charge on any atom is 0.328 e. The van der Waals surface area contributed by atoms with E-state index in [0.717, 1.165) is 19.3 Å². The average molecular weight is 283 g/mol. The minimum atomic E-state index is -0.577. The first kappa shape index (κ1) is 15.3. The van der Waals surface area contributed by atoms with Crippen molar-refractivity contribution in [2.24, 2.45) is 5.92 Å². The zero-order valence-electron chi connectivity index (χ0n) is 12.2. The van der Waals surface area contributed by atoms with Gasteiger partial charge in [0.15, 0.2) is 0 Å². The molecule has 1 amide bonds. The molecule has 2 aliphatic rings. The maximum atomic E-state index is 11.9. The standard InChI is InChI=1S/C15H25NO4/c1-11(15(18)20-13-7-8-19-10-13)16-14(17)9-12-5-3-2-4-6-12/h11-13H,2-10H2,1H3,(H,16,17)/t11-,13-/m1/s1. The van der Waals surface area contributed by atoms with Gasteiger partial charge in [-0.3, -0.25) is 4.79 Å². The van der Waals surface area contributed by atoms with Crippen molar-refractivity contribution in [3.63, 3.8) is 0 Å². The molecule has 2 fully saturated rings. The van der Waals surface area contributed by atoms with Crippen molar-refractivity contribution >= 4 is 11.9 Å². The van der Waals surface area contributed by atoms with Crippen LogP contribution in [0.1, 0.15) is 51.9 Å². The molecule has 0 aromatic heterocycles. The fourth-order valence-corrected chi connectivity index (χ4v) is 2.88. The van der Waals surface area contributed by atoms with Gasteiger partial charge in [-0.25, -0.2) is 4.79 Å². The van der Waals surface area contributed by atoms with Crippen LogP contribution in [0.25, 0.3) is 0 Å². The Morgan fingerprint density at radius 1 is 1.25 bits per heavy atom. The van der Waals surface area contributed by atoms with Gasteiger partial charge >= 0.3 is 5.97 Å². The zero-order valence-corrected chi connectivity index (χ0v) is 12.2. The van der Waals surface area contributed by atoms with Crippen LogP contribution < -0.4 is 5.32 Å². The molecule has 1 saturated carbocycles. The van der Waals surface area contributed by atoms with Gasteiger partial charge in [0.2, 0.25) is 5.91 Å². The maximum absolute atomic E-state index is 11.9. The lowest BCUT2D eigenvalue weighted by Crippen LogP contribution is -2.41. The van der Waals surface area contributed by atoms with Crippen LogP contribution in [0.2, 0.25) is 0 Å². The molecule has 20 heavy (non-hydrogen) atoms. The van der Waals surface area contributed by atoms with Gasteiger partial charge in [0, 0.05) is 12.8 Å². The lowest BCUT2D eigenvalue weighted by molar-refractivity contribution is -0.152. The molecule has 1 aliphatic carbocycles. The molecule has 5 heteroatoms. The third kappa shape index (κ3) is 4.78. The van der Waals surface area contributed by atoms with Gasteiger partial charge in [-0.05, 0) is 25.7 Å². The van der Waals surface area contributed by atoms with E-state index >= 15 is 0 Å². The van der Waals surface area contributed by atoms with E-state index in [9.17, 15) is 9.59 Å². The molecule has 0 aromatic carbocycles. The summed E-state index contributed by atoms with van der Waals surface area (Å²) in [6.07, 6.45) is 7.11. The summed E-state index contributed by atoms with van der Waals surface area (Å²) in [6, 6.07) is -0.577. The number of amides is 1. The van der Waals surface area contributed by atoms with Crippen molar-refractivity contribution < 1.29 is 19.1 Å². The number of rotatable bonds is 5. The van der Waals surface area contributed by atoms with Crippen LogP contribution in [0.3, 0.4) is 0 Å². The van der Waals surface area contributed by atoms with E-state index in [2.05, 4.69) is 5.32 Å². The minimum absolute atomic E-state index is 0.0379. The van der Waals surface area contributed by atoms with Gasteiger partial charge in [0.25, 0.3) is 0 Å². The van der Waals surface area contributed by atoms with E-state index in [1.54, 1.807) is 6.92 Å². The number of ether oxygens (including phenoxy) is 2. The molecule has 0 aromatic rings. The molecule has 1 N–H and O–H groups in total. The van der Waals surface area contributed by atoms with E-state index in [1.165, 1.54) is 19.3 Å². The highest BCUT2D eigenvalue weighted by Crippen LogP contribution is 2.26. The lowest BCUT2D eigenvalue weighted by atomic mass is 9.87. The molecule has 5 nitrogen and oxygen atoms in total. The van der Waals surface area contributed by atoms with Gasteiger partial charge in [0.05, 0.1) is 13.2 Å². The summed E-state index contributed by atoms with van der Waals surface area (Å²) in [4.78, 5) is 23.8. The summed E-state index contributed by atoms with van der Waals surface area (Å²) >= 11 is 0. The van der Waals surface area contributed by atoms with Crippen LogP contribution in [0, 0.1) is 5.92 Å². The Labute approximate surface area is 120 Å². The number of hydrogen-bond acceptors (Lipinski definition) is 4. The lowest BCUT2D eigenvalue weighted by Gasteiger charge is -2.22. The second-order valence-corrected chi connectivity index (χ2v) is 5.92. The molecule has 2 rings (SSSR count). The largest absolute Gasteiger partial charge is 0.458 e. The topological polar surface area (TPSA) is 64.6 Å². The fraction of sp³-hybridized carbons (Fsp3) is 0.867. The monoisotopic (exact) mass is 283 g/mol. The molecule has 1 saturated heterocycles. The van der Waals surface area contributed by atoms with E-state index in [1.807, 2.05) is 0 Å². The summed E-state index contributed by atoms with van der Waals surface area (Å²) < 4.78 is 10.4. The van der Waals surface area contributed by atoms with Gasteiger partial charge in [0.1, 0.15) is 12.1 Å². The minimum Gasteiger partial charge on any atom is -0.458 e. The van der Waals surface area contributed by atoms with Crippen molar-refractivity contribution in [1.82, 2.24) is 5.32 Å². The Bertz CT molecular complexity index is 333. The highest BCUT2D eigenvalue weighted by molar-refractivity contribution is 5.84. The van der Waals surface area contributed by atoms with Crippen LogP contribution in [0.5, 0.6) is 0 Å². The van der Waals surface area contributed by atoms with Crippen LogP contribution in [-0.4, -0.2) is 37.2 Å². The van der Waals surface area contributed by atoms with E-state index in [0.29, 0.717) is 25.6 Å². The predicted octanol–water partition coefficient (Wildman–Crippen LogP) is 1.79. The molecule has 0 spiro atoms. The summed E-state index contributed by atoms with van der Waals surface area (Å²) in [5.74, 6) is 0.0803. The van der Waals surface area contributed by atoms with Crippen molar-refractivity contribution in [2.75, 3.05) is 13.2 Å². The second-order valence-electron chi connectivity index (χ2n) is 5.92. The molecule has 1 heterocycles. The molecule has 0 unspecified atom stereocenters. The van der Waals surface area contributed by atoms with Crippen LogP contribution in [0.15, 0.2) is 0 Å². The van der Waals surface area contributed by atoms with Gasteiger partial charge < -0.3 is 14.8 Å². The molecular formula is C15H25NO4. The predicted molar refractivity (Wildman–Crippen MR) is 74.1 cm³/mol. The Balaban J connectivity index is 1.67. The Morgan fingerprint density at radius 2 is 2.00 bits per heavy atom. The third-order valence-electron chi connectivity index (χ3n) is 4.10. The second kappa shape index (κ2) is 7.62. The Hall–Kier alpha value is -1.10. The van der Waals surface area contributed by atoms with Gasteiger partial charge in [-0.2, -0.15) is 0 Å².